The van der Waals surface area contributed by atoms with Gasteiger partial charge >= 0.3 is 0 Å². The van der Waals surface area contributed by atoms with Crippen molar-refractivity contribution >= 4 is 23.0 Å². The number of anilines is 1. The Hall–Kier alpha value is -3.18. The molecule has 0 radical (unpaired) electrons. The number of hydrogen-bond donors (Lipinski definition) is 4. The molecule has 10 heteroatoms. The highest BCUT2D eigenvalue weighted by Crippen LogP contribution is 2.38. The van der Waals surface area contributed by atoms with E-state index < -0.39 is 37.3 Å². The molecule has 2 heterocycles. The summed E-state index contributed by atoms with van der Waals surface area (Å²) in [6.07, 6.45) is -6.10. The fourth-order valence-electron chi connectivity index (χ4n) is 4.65. The molecule has 3 aromatic carbocycles. The number of rotatable bonds is 7. The zero-order valence-electron chi connectivity index (χ0n) is 20.6. The molecule has 38 heavy (non-hydrogen) atoms. The summed E-state index contributed by atoms with van der Waals surface area (Å²) in [5.41, 5.74) is 3.72. The molecular formula is C28H29ClN2O7. The largest absolute Gasteiger partial charge is 0.497 e. The van der Waals surface area contributed by atoms with Crippen LogP contribution in [0.2, 0.25) is 5.02 Å². The van der Waals surface area contributed by atoms with Crippen LogP contribution in [0.15, 0.2) is 77.9 Å². The first-order valence-corrected chi connectivity index (χ1v) is 12.6. The molecular weight excluding hydrogens is 512 g/mol. The zero-order valence-corrected chi connectivity index (χ0v) is 21.3. The Balaban J connectivity index is 1.38. The summed E-state index contributed by atoms with van der Waals surface area (Å²) in [6, 6.07) is 22.4. The van der Waals surface area contributed by atoms with Gasteiger partial charge in [0, 0.05) is 11.4 Å². The van der Waals surface area contributed by atoms with Crippen molar-refractivity contribution in [2.24, 2.45) is 5.10 Å². The molecule has 6 atom stereocenters. The van der Waals surface area contributed by atoms with Gasteiger partial charge in [0.2, 0.25) is 6.29 Å². The molecule has 3 aromatic rings. The van der Waals surface area contributed by atoms with E-state index in [2.05, 4.69) is 0 Å². The van der Waals surface area contributed by atoms with Crippen LogP contribution in [0, 0.1) is 0 Å². The number of halogens is 1. The molecule has 5 rings (SSSR count). The van der Waals surface area contributed by atoms with Crippen LogP contribution >= 0.6 is 11.6 Å². The molecule has 2 aliphatic rings. The second-order valence-corrected chi connectivity index (χ2v) is 9.64. The average molecular weight is 541 g/mol. The van der Waals surface area contributed by atoms with Gasteiger partial charge in [-0.05, 0) is 59.7 Å². The molecule has 200 valence electrons. The van der Waals surface area contributed by atoms with Crippen molar-refractivity contribution in [2.75, 3.05) is 18.7 Å². The summed E-state index contributed by atoms with van der Waals surface area (Å²) in [5, 5.41) is 47.2. The molecule has 1 fully saturated rings. The van der Waals surface area contributed by atoms with E-state index in [4.69, 9.17) is 30.9 Å². The molecule has 0 spiro atoms. The van der Waals surface area contributed by atoms with E-state index in [9.17, 15) is 20.4 Å². The lowest BCUT2D eigenvalue weighted by molar-refractivity contribution is -0.277. The highest BCUT2D eigenvalue weighted by Gasteiger charge is 2.44. The standard InChI is InChI=1S/C28H29ClN2O7/c1-36-20-11-7-19(8-12-20)31-23(14-22(30-31)17-3-2-4-18(29)13-17)16-5-9-21(10-6-16)37-28-27(35)26(34)25(33)24(15-32)38-28/h2-13,23-28,32-35H,14-15H2,1H3/t23?,24-,25-,26-,27-,28-/m1/s1. The number of methoxy groups -OCH3 is 1. The van der Waals surface area contributed by atoms with Crippen molar-refractivity contribution < 1.29 is 34.6 Å². The van der Waals surface area contributed by atoms with E-state index in [0.717, 1.165) is 28.3 Å². The maximum atomic E-state index is 10.3. The maximum Gasteiger partial charge on any atom is 0.229 e. The fourth-order valence-corrected chi connectivity index (χ4v) is 4.84. The van der Waals surface area contributed by atoms with E-state index in [0.29, 0.717) is 17.2 Å². The SMILES string of the molecule is COc1ccc(N2N=C(c3cccc(Cl)c3)CC2c2ccc(O[C@@H]3O[C@H](CO)[C@@H](O)[C@@H](O)[C@H]3O)cc2)cc1. The van der Waals surface area contributed by atoms with E-state index in [-0.39, 0.29) is 6.04 Å². The van der Waals surface area contributed by atoms with Crippen LogP contribution in [0.1, 0.15) is 23.6 Å². The van der Waals surface area contributed by atoms with Crippen molar-refractivity contribution in [3.8, 4) is 11.5 Å². The van der Waals surface area contributed by atoms with Gasteiger partial charge in [-0.15, -0.1) is 0 Å². The Kier molecular flexibility index (Phi) is 7.85. The van der Waals surface area contributed by atoms with Crippen LogP contribution in [0.4, 0.5) is 5.69 Å². The minimum absolute atomic E-state index is 0.112. The first-order valence-electron chi connectivity index (χ1n) is 12.2. The molecule has 9 nitrogen and oxygen atoms in total. The van der Waals surface area contributed by atoms with Crippen LogP contribution in [0.5, 0.6) is 11.5 Å². The maximum absolute atomic E-state index is 10.3. The van der Waals surface area contributed by atoms with Crippen molar-refractivity contribution in [3.05, 3.63) is 88.9 Å². The summed E-state index contributed by atoms with van der Waals surface area (Å²) in [7, 11) is 1.62. The number of hydrazone groups is 1. The smallest absolute Gasteiger partial charge is 0.229 e. The van der Waals surface area contributed by atoms with Crippen LogP contribution in [0.3, 0.4) is 0 Å². The number of aliphatic hydroxyl groups is 4. The van der Waals surface area contributed by atoms with Gasteiger partial charge in [-0.2, -0.15) is 5.10 Å². The van der Waals surface area contributed by atoms with Crippen molar-refractivity contribution in [1.82, 2.24) is 0 Å². The predicted octanol–water partition coefficient (Wildman–Crippen LogP) is 2.88. The molecule has 0 amide bonds. The van der Waals surface area contributed by atoms with Crippen LogP contribution in [-0.4, -0.2) is 70.6 Å². The summed E-state index contributed by atoms with van der Waals surface area (Å²) in [6.45, 7) is -0.526. The second kappa shape index (κ2) is 11.3. The summed E-state index contributed by atoms with van der Waals surface area (Å²) in [5.74, 6) is 1.14. The van der Waals surface area contributed by atoms with E-state index >= 15 is 0 Å². The third-order valence-corrected chi connectivity index (χ3v) is 7.01. The van der Waals surface area contributed by atoms with Gasteiger partial charge in [0.15, 0.2) is 0 Å². The highest BCUT2D eigenvalue weighted by molar-refractivity contribution is 6.31. The summed E-state index contributed by atoms with van der Waals surface area (Å²) < 4.78 is 16.5. The third-order valence-electron chi connectivity index (χ3n) is 6.77. The summed E-state index contributed by atoms with van der Waals surface area (Å²) >= 11 is 6.24. The number of hydrogen-bond acceptors (Lipinski definition) is 9. The van der Waals surface area contributed by atoms with Crippen molar-refractivity contribution in [3.63, 3.8) is 0 Å². The molecule has 0 aromatic heterocycles. The minimum atomic E-state index is -1.51. The molecule has 1 unspecified atom stereocenters. The topological polar surface area (TPSA) is 124 Å². The number of nitrogens with zero attached hydrogens (tertiary/aromatic N) is 2. The molecule has 4 N–H and O–H groups in total. The van der Waals surface area contributed by atoms with Gasteiger partial charge in [0.05, 0.1) is 31.2 Å². The predicted molar refractivity (Wildman–Crippen MR) is 142 cm³/mol. The Morgan fingerprint density at radius 3 is 2.32 bits per heavy atom. The van der Waals surface area contributed by atoms with E-state index in [1.165, 1.54) is 0 Å². The molecule has 0 aliphatic carbocycles. The molecule has 0 saturated carbocycles. The highest BCUT2D eigenvalue weighted by atomic mass is 35.5. The van der Waals surface area contributed by atoms with Crippen molar-refractivity contribution in [1.29, 1.82) is 0 Å². The Morgan fingerprint density at radius 2 is 1.66 bits per heavy atom. The van der Waals surface area contributed by atoms with Gasteiger partial charge in [0.1, 0.15) is 35.9 Å². The van der Waals surface area contributed by atoms with E-state index in [1.54, 1.807) is 19.2 Å². The lowest BCUT2D eigenvalue weighted by Gasteiger charge is -2.39. The van der Waals surface area contributed by atoms with Crippen LogP contribution in [0.25, 0.3) is 0 Å². The zero-order chi connectivity index (χ0) is 26.8. The Labute approximate surface area is 225 Å². The van der Waals surface area contributed by atoms with Gasteiger partial charge in [0.25, 0.3) is 0 Å². The normalized spacial score (nSPS) is 27.2. The number of benzene rings is 3. The molecule has 1 saturated heterocycles. The summed E-state index contributed by atoms with van der Waals surface area (Å²) in [4.78, 5) is 0. The Bertz CT molecular complexity index is 1270. The van der Waals surface area contributed by atoms with Gasteiger partial charge in [-0.25, -0.2) is 0 Å². The van der Waals surface area contributed by atoms with E-state index in [1.807, 2.05) is 65.7 Å². The van der Waals surface area contributed by atoms with Crippen LogP contribution in [-0.2, 0) is 4.74 Å². The van der Waals surface area contributed by atoms with Crippen molar-refractivity contribution in [2.45, 2.75) is 43.2 Å². The monoisotopic (exact) mass is 540 g/mol. The lowest BCUT2D eigenvalue weighted by Crippen LogP contribution is -2.60. The first-order chi connectivity index (χ1) is 18.4. The Morgan fingerprint density at radius 1 is 0.947 bits per heavy atom. The third kappa shape index (κ3) is 5.35. The van der Waals surface area contributed by atoms with Crippen LogP contribution < -0.4 is 14.5 Å². The minimum Gasteiger partial charge on any atom is -0.497 e. The second-order valence-electron chi connectivity index (χ2n) is 9.20. The molecule has 0 bridgehead atoms. The van der Waals surface area contributed by atoms with Gasteiger partial charge < -0.3 is 34.6 Å². The number of ether oxygens (including phenoxy) is 3. The fraction of sp³-hybridized carbons (Fsp3) is 0.321. The lowest BCUT2D eigenvalue weighted by atomic mass is 9.98. The first kappa shape index (κ1) is 26.4. The quantitative estimate of drug-likeness (QED) is 0.361. The van der Waals surface area contributed by atoms with Gasteiger partial charge in [-0.3, -0.25) is 5.01 Å². The average Bonchev–Trinajstić information content (AvgIpc) is 3.39. The van der Waals surface area contributed by atoms with Gasteiger partial charge in [-0.1, -0.05) is 35.9 Å². The number of aliphatic hydroxyl groups excluding tert-OH is 4. The molecule has 2 aliphatic heterocycles.